The van der Waals surface area contributed by atoms with Gasteiger partial charge in [0.25, 0.3) is 0 Å². The smallest absolute Gasteiger partial charge is 0.425 e. The van der Waals surface area contributed by atoms with Crippen molar-refractivity contribution in [2.75, 3.05) is 0 Å². The van der Waals surface area contributed by atoms with E-state index in [-0.39, 0.29) is 5.56 Å². The molecule has 0 saturated carbocycles. The second-order valence-electron chi connectivity index (χ2n) is 3.79. The van der Waals surface area contributed by atoms with Crippen molar-refractivity contribution >= 4 is 0 Å². The number of aliphatic hydroxyl groups is 1. The van der Waals surface area contributed by atoms with Gasteiger partial charge in [-0.15, -0.1) is 0 Å². The fourth-order valence-electron chi connectivity index (χ4n) is 1.26. The van der Waals surface area contributed by atoms with E-state index < -0.39 is 36.4 Å². The van der Waals surface area contributed by atoms with E-state index >= 15 is 0 Å². The quantitative estimate of drug-likeness (QED) is 0.862. The zero-order valence-corrected chi connectivity index (χ0v) is 9.64. The van der Waals surface area contributed by atoms with Crippen LogP contribution in [0.15, 0.2) is 18.2 Å². The number of hydrogen-bond donors (Lipinski definition) is 1. The Hall–Kier alpha value is -1.44. The third kappa shape index (κ3) is 4.02. The fourth-order valence-corrected chi connectivity index (χ4v) is 1.26. The molecule has 8 heteroatoms. The van der Waals surface area contributed by atoms with Crippen LogP contribution in [0.3, 0.4) is 0 Å². The number of rotatable bonds is 3. The summed E-state index contributed by atoms with van der Waals surface area (Å²) in [6.45, 7) is -0.0434. The number of benzene rings is 1. The Kier molecular flexibility index (Phi) is 4.34. The highest BCUT2D eigenvalue weighted by molar-refractivity contribution is 5.39. The van der Waals surface area contributed by atoms with E-state index in [4.69, 9.17) is 5.11 Å². The van der Waals surface area contributed by atoms with Gasteiger partial charge in [-0.2, -0.15) is 26.3 Å². The van der Waals surface area contributed by atoms with Crippen LogP contribution in [0.5, 0.6) is 5.75 Å². The number of alkyl halides is 6. The predicted octanol–water partition coefficient (Wildman–Crippen LogP) is 3.53. The minimum absolute atomic E-state index is 0.0701. The van der Waals surface area contributed by atoms with Gasteiger partial charge in [-0.3, -0.25) is 0 Å². The average molecular weight is 288 g/mol. The second-order valence-corrected chi connectivity index (χ2v) is 3.79. The third-order valence-corrected chi connectivity index (χ3v) is 2.30. The summed E-state index contributed by atoms with van der Waals surface area (Å²) in [7, 11) is 0. The van der Waals surface area contributed by atoms with E-state index in [1.165, 1.54) is 0 Å². The molecule has 0 aliphatic heterocycles. The summed E-state index contributed by atoms with van der Waals surface area (Å²) < 4.78 is 79.1. The lowest BCUT2D eigenvalue weighted by Gasteiger charge is -2.21. The van der Waals surface area contributed by atoms with Crippen molar-refractivity contribution in [3.63, 3.8) is 0 Å². The molecule has 0 bridgehead atoms. The molecule has 1 aromatic rings. The Morgan fingerprint density at radius 1 is 1.16 bits per heavy atom. The summed E-state index contributed by atoms with van der Waals surface area (Å²) in [4.78, 5) is 0. The molecule has 0 fully saturated rings. The molecule has 0 unspecified atom stereocenters. The van der Waals surface area contributed by atoms with Crippen LogP contribution in [0.1, 0.15) is 18.1 Å². The van der Waals surface area contributed by atoms with Gasteiger partial charge in [-0.25, -0.2) is 0 Å². The minimum atomic E-state index is -4.87. The van der Waals surface area contributed by atoms with Crippen LogP contribution >= 0.6 is 0 Å². The molecule has 1 atom stereocenters. The van der Waals surface area contributed by atoms with E-state index in [1.807, 2.05) is 0 Å². The number of halogens is 6. The topological polar surface area (TPSA) is 29.5 Å². The third-order valence-electron chi connectivity index (χ3n) is 2.30. The Morgan fingerprint density at radius 3 is 2.16 bits per heavy atom. The van der Waals surface area contributed by atoms with Crippen molar-refractivity contribution in [3.05, 3.63) is 29.3 Å². The van der Waals surface area contributed by atoms with E-state index in [9.17, 15) is 26.3 Å². The lowest BCUT2D eigenvalue weighted by molar-refractivity contribution is -0.191. The Labute approximate surface area is 104 Å². The highest BCUT2D eigenvalue weighted by Gasteiger charge is 2.41. The maximum absolute atomic E-state index is 12.7. The van der Waals surface area contributed by atoms with Crippen LogP contribution in [0.4, 0.5) is 26.3 Å². The molecule has 0 aromatic heterocycles. The Bertz CT molecular complexity index is 438. The minimum Gasteiger partial charge on any atom is -0.481 e. The first-order chi connectivity index (χ1) is 8.55. The van der Waals surface area contributed by atoms with E-state index in [0.29, 0.717) is 13.0 Å². The van der Waals surface area contributed by atoms with Gasteiger partial charge in [0.05, 0.1) is 12.2 Å². The van der Waals surface area contributed by atoms with Crippen molar-refractivity contribution in [3.8, 4) is 5.75 Å². The molecule has 1 aromatic carbocycles. The van der Waals surface area contributed by atoms with Gasteiger partial charge in [0.15, 0.2) is 6.10 Å². The van der Waals surface area contributed by atoms with Crippen LogP contribution in [0.25, 0.3) is 0 Å². The SMILES string of the molecule is C[C@H](Oc1ccc(CO)cc1C(F)(F)F)C(F)(F)F. The van der Waals surface area contributed by atoms with Gasteiger partial charge in [-0.1, -0.05) is 6.07 Å². The largest absolute Gasteiger partial charge is 0.481 e. The lowest BCUT2D eigenvalue weighted by atomic mass is 10.1. The van der Waals surface area contributed by atoms with E-state index in [2.05, 4.69) is 4.74 Å². The molecular weight excluding hydrogens is 278 g/mol. The zero-order valence-electron chi connectivity index (χ0n) is 9.64. The summed E-state index contributed by atoms with van der Waals surface area (Å²) in [5.74, 6) is -0.922. The number of ether oxygens (including phenoxy) is 1. The highest BCUT2D eigenvalue weighted by atomic mass is 19.4. The molecule has 0 heterocycles. The molecule has 0 saturated heterocycles. The molecule has 0 radical (unpaired) electrons. The summed E-state index contributed by atoms with van der Waals surface area (Å²) in [6, 6.07) is 2.38. The summed E-state index contributed by atoms with van der Waals surface area (Å²) in [5.41, 5.74) is -1.42. The molecule has 1 N–H and O–H groups in total. The van der Waals surface area contributed by atoms with Gasteiger partial charge in [0, 0.05) is 0 Å². The van der Waals surface area contributed by atoms with E-state index in [1.54, 1.807) is 0 Å². The maximum Gasteiger partial charge on any atom is 0.425 e. The number of hydrogen-bond acceptors (Lipinski definition) is 2. The van der Waals surface area contributed by atoms with Gasteiger partial charge < -0.3 is 9.84 Å². The van der Waals surface area contributed by atoms with Crippen molar-refractivity contribution in [1.29, 1.82) is 0 Å². The second kappa shape index (κ2) is 5.28. The first-order valence-electron chi connectivity index (χ1n) is 5.10. The normalized spacial score (nSPS) is 14.3. The molecule has 0 aliphatic carbocycles. The molecule has 0 amide bonds. The van der Waals surface area contributed by atoms with Gasteiger partial charge in [-0.05, 0) is 24.6 Å². The standard InChI is InChI=1S/C11H10F6O2/c1-6(10(12,13)14)19-9-3-2-7(5-18)4-8(9)11(15,16)17/h2-4,6,18H,5H2,1H3/t6-/m0/s1. The van der Waals surface area contributed by atoms with Crippen molar-refractivity contribution < 1.29 is 36.2 Å². The van der Waals surface area contributed by atoms with Crippen LogP contribution in [0, 0.1) is 0 Å². The van der Waals surface area contributed by atoms with Gasteiger partial charge in [0.2, 0.25) is 0 Å². The van der Waals surface area contributed by atoms with Crippen molar-refractivity contribution in [1.82, 2.24) is 0 Å². The molecule has 2 nitrogen and oxygen atoms in total. The highest BCUT2D eigenvalue weighted by Crippen LogP contribution is 2.38. The van der Waals surface area contributed by atoms with Crippen molar-refractivity contribution in [2.24, 2.45) is 0 Å². The van der Waals surface area contributed by atoms with Crippen LogP contribution in [-0.4, -0.2) is 17.4 Å². The van der Waals surface area contributed by atoms with Crippen LogP contribution in [-0.2, 0) is 12.8 Å². The summed E-state index contributed by atoms with van der Waals surface area (Å²) in [5, 5.41) is 8.74. The molecular formula is C11H10F6O2. The monoisotopic (exact) mass is 288 g/mol. The van der Waals surface area contributed by atoms with Gasteiger partial charge >= 0.3 is 12.4 Å². The predicted molar refractivity (Wildman–Crippen MR) is 53.5 cm³/mol. The van der Waals surface area contributed by atoms with E-state index in [0.717, 1.165) is 12.1 Å². The van der Waals surface area contributed by atoms with Crippen molar-refractivity contribution in [2.45, 2.75) is 32.0 Å². The molecule has 0 aliphatic rings. The fraction of sp³-hybridized carbons (Fsp3) is 0.455. The number of aliphatic hydroxyl groups excluding tert-OH is 1. The average Bonchev–Trinajstić information content (AvgIpc) is 2.26. The molecule has 1 rings (SSSR count). The van der Waals surface area contributed by atoms with Crippen LogP contribution < -0.4 is 4.74 Å². The molecule has 0 spiro atoms. The first kappa shape index (κ1) is 15.6. The molecule has 19 heavy (non-hydrogen) atoms. The first-order valence-corrected chi connectivity index (χ1v) is 5.10. The molecule has 108 valence electrons. The lowest BCUT2D eigenvalue weighted by Crippen LogP contribution is -2.31. The summed E-state index contributed by atoms with van der Waals surface area (Å²) >= 11 is 0. The summed E-state index contributed by atoms with van der Waals surface area (Å²) in [6.07, 6.45) is -12.0. The van der Waals surface area contributed by atoms with Crippen LogP contribution in [0.2, 0.25) is 0 Å². The zero-order chi connectivity index (χ0) is 14.8. The Balaban J connectivity index is 3.14. The van der Waals surface area contributed by atoms with Gasteiger partial charge in [0.1, 0.15) is 5.75 Å². The Morgan fingerprint density at radius 2 is 1.74 bits per heavy atom. The maximum atomic E-state index is 12.7.